The van der Waals surface area contributed by atoms with Gasteiger partial charge in [-0.05, 0) is 92.3 Å². The Morgan fingerprint density at radius 1 is 0.881 bits per heavy atom. The second-order valence-electron chi connectivity index (χ2n) is 16.2. The summed E-state index contributed by atoms with van der Waals surface area (Å²) in [6.07, 6.45) is 7.97. The number of rotatable bonds is 3. The van der Waals surface area contributed by atoms with Gasteiger partial charge in [0.25, 0.3) is 0 Å². The van der Waals surface area contributed by atoms with E-state index in [1.165, 1.54) is 26.5 Å². The standard InChI is InChI=1S/C35H54O7/c1-20-13-16-35(29(38)40-10)18-17-32(7)23(27(35)34(20,9)39)11-12-26-31(6)19-24(41-21(2)36)28(42-22(3)37)30(4,5)25(31)14-15-33(26,32)8/h11,20,24-28,39H,12-19H2,1-10H3/t20-,24-,25+,26-,27-,28-,31+,32-,33-,34-,35+/m1/s1. The highest BCUT2D eigenvalue weighted by Gasteiger charge is 2.72. The van der Waals surface area contributed by atoms with Gasteiger partial charge in [0.2, 0.25) is 0 Å². The molecule has 0 bridgehead atoms. The van der Waals surface area contributed by atoms with Gasteiger partial charge in [-0.25, -0.2) is 0 Å². The van der Waals surface area contributed by atoms with Crippen LogP contribution in [0.2, 0.25) is 0 Å². The van der Waals surface area contributed by atoms with Crippen LogP contribution in [0.25, 0.3) is 0 Å². The Morgan fingerprint density at radius 3 is 2.12 bits per heavy atom. The maximum absolute atomic E-state index is 13.6. The van der Waals surface area contributed by atoms with E-state index in [1.807, 2.05) is 6.92 Å². The van der Waals surface area contributed by atoms with Crippen LogP contribution in [-0.4, -0.2) is 47.9 Å². The molecule has 0 aromatic carbocycles. The van der Waals surface area contributed by atoms with Crippen molar-refractivity contribution >= 4 is 17.9 Å². The first-order chi connectivity index (χ1) is 19.3. The number of carbonyl (C=O) groups excluding carboxylic acids is 3. The van der Waals surface area contributed by atoms with Gasteiger partial charge in [0.05, 0.1) is 18.1 Å². The van der Waals surface area contributed by atoms with E-state index in [1.54, 1.807) is 0 Å². The van der Waals surface area contributed by atoms with Crippen molar-refractivity contribution in [1.29, 1.82) is 0 Å². The molecule has 11 atom stereocenters. The molecule has 236 valence electrons. The molecule has 0 aromatic rings. The van der Waals surface area contributed by atoms with Crippen molar-refractivity contribution in [2.75, 3.05) is 7.11 Å². The predicted molar refractivity (Wildman–Crippen MR) is 159 cm³/mol. The van der Waals surface area contributed by atoms with E-state index in [9.17, 15) is 19.5 Å². The van der Waals surface area contributed by atoms with Crippen LogP contribution < -0.4 is 0 Å². The molecule has 1 N–H and O–H groups in total. The summed E-state index contributed by atoms with van der Waals surface area (Å²) in [5, 5.41) is 12.2. The van der Waals surface area contributed by atoms with Crippen LogP contribution in [0.5, 0.6) is 0 Å². The maximum atomic E-state index is 13.6. The molecule has 0 aromatic heterocycles. The lowest BCUT2D eigenvalue weighted by atomic mass is 9.33. The summed E-state index contributed by atoms with van der Waals surface area (Å²) in [5.41, 5.74) is -1.33. The number of ether oxygens (including phenoxy) is 3. The number of aliphatic hydroxyl groups is 1. The smallest absolute Gasteiger partial charge is 0.312 e. The molecular weight excluding hydrogens is 532 g/mol. The van der Waals surface area contributed by atoms with E-state index in [2.05, 4.69) is 47.6 Å². The number of methoxy groups -OCH3 is 1. The van der Waals surface area contributed by atoms with Crippen LogP contribution in [0.15, 0.2) is 11.6 Å². The molecule has 4 fully saturated rings. The number of allylic oxidation sites excluding steroid dienone is 1. The van der Waals surface area contributed by atoms with Gasteiger partial charge in [0, 0.05) is 25.2 Å². The average molecular weight is 587 g/mol. The zero-order chi connectivity index (χ0) is 31.3. The summed E-state index contributed by atoms with van der Waals surface area (Å²) in [5.74, 6) is -0.528. The van der Waals surface area contributed by atoms with Gasteiger partial charge in [-0.2, -0.15) is 0 Å². The van der Waals surface area contributed by atoms with Gasteiger partial charge >= 0.3 is 17.9 Å². The van der Waals surface area contributed by atoms with Gasteiger partial charge in [-0.15, -0.1) is 0 Å². The number of fused-ring (bicyclic) bond motifs is 7. The molecule has 0 unspecified atom stereocenters. The molecule has 0 spiro atoms. The molecule has 5 aliphatic rings. The number of esters is 3. The summed E-state index contributed by atoms with van der Waals surface area (Å²) >= 11 is 0. The Balaban J connectivity index is 1.62. The highest BCUT2D eigenvalue weighted by atomic mass is 16.6. The fourth-order valence-electron chi connectivity index (χ4n) is 11.9. The lowest BCUT2D eigenvalue weighted by molar-refractivity contribution is -0.247. The molecule has 0 heterocycles. The normalized spacial score (nSPS) is 49.2. The third-order valence-corrected chi connectivity index (χ3v) is 14.1. The van der Waals surface area contributed by atoms with Crippen LogP contribution >= 0.6 is 0 Å². The molecule has 0 amide bonds. The monoisotopic (exact) mass is 586 g/mol. The molecular formula is C35H54O7. The van der Waals surface area contributed by atoms with Crippen molar-refractivity contribution in [2.24, 2.45) is 50.7 Å². The van der Waals surface area contributed by atoms with E-state index in [0.717, 1.165) is 38.5 Å². The zero-order valence-electron chi connectivity index (χ0n) is 27.6. The first-order valence-corrected chi connectivity index (χ1v) is 16.2. The summed E-state index contributed by atoms with van der Waals surface area (Å²) in [7, 11) is 1.48. The lowest BCUT2D eigenvalue weighted by Crippen LogP contribution is -2.69. The Hall–Kier alpha value is -1.89. The Bertz CT molecular complexity index is 1190. The van der Waals surface area contributed by atoms with Crippen LogP contribution in [0.3, 0.4) is 0 Å². The third-order valence-electron chi connectivity index (χ3n) is 14.1. The summed E-state index contributed by atoms with van der Waals surface area (Å²) < 4.78 is 17.3. The van der Waals surface area contributed by atoms with Crippen LogP contribution in [0, 0.1) is 50.7 Å². The first kappa shape index (κ1) is 31.5. The Labute approximate surface area is 252 Å². The van der Waals surface area contributed by atoms with Crippen molar-refractivity contribution in [1.82, 2.24) is 0 Å². The maximum Gasteiger partial charge on any atom is 0.312 e. The van der Waals surface area contributed by atoms with Crippen molar-refractivity contribution in [2.45, 2.75) is 131 Å². The first-order valence-electron chi connectivity index (χ1n) is 16.2. The van der Waals surface area contributed by atoms with Gasteiger partial charge in [0.1, 0.15) is 12.2 Å². The molecule has 5 rings (SSSR count). The van der Waals surface area contributed by atoms with E-state index in [4.69, 9.17) is 14.2 Å². The Kier molecular flexibility index (Phi) is 7.36. The molecule has 0 saturated heterocycles. The number of hydrogen-bond acceptors (Lipinski definition) is 7. The molecule has 4 saturated carbocycles. The highest BCUT2D eigenvalue weighted by Crippen LogP contribution is 2.76. The minimum absolute atomic E-state index is 0.0733. The molecule has 7 heteroatoms. The molecule has 0 aliphatic heterocycles. The largest absolute Gasteiger partial charge is 0.469 e. The van der Waals surface area contributed by atoms with Crippen molar-refractivity contribution in [3.8, 4) is 0 Å². The van der Waals surface area contributed by atoms with E-state index < -0.39 is 23.2 Å². The van der Waals surface area contributed by atoms with E-state index >= 15 is 0 Å². The molecule has 7 nitrogen and oxygen atoms in total. The van der Waals surface area contributed by atoms with Crippen molar-refractivity contribution < 1.29 is 33.7 Å². The second-order valence-corrected chi connectivity index (χ2v) is 16.2. The molecule has 5 aliphatic carbocycles. The molecule has 0 radical (unpaired) electrons. The van der Waals surface area contributed by atoms with Crippen LogP contribution in [-0.2, 0) is 28.6 Å². The minimum Gasteiger partial charge on any atom is -0.469 e. The molecule has 42 heavy (non-hydrogen) atoms. The zero-order valence-corrected chi connectivity index (χ0v) is 27.6. The Morgan fingerprint density at radius 2 is 1.52 bits per heavy atom. The quantitative estimate of drug-likeness (QED) is 0.232. The summed E-state index contributed by atoms with van der Waals surface area (Å²) in [6, 6.07) is 0. The number of hydrogen-bond donors (Lipinski definition) is 1. The van der Waals surface area contributed by atoms with Crippen molar-refractivity contribution in [3.63, 3.8) is 0 Å². The van der Waals surface area contributed by atoms with Crippen LogP contribution in [0.4, 0.5) is 0 Å². The third kappa shape index (κ3) is 4.03. The fraction of sp³-hybridized carbons (Fsp3) is 0.857. The van der Waals surface area contributed by atoms with Gasteiger partial charge in [-0.3, -0.25) is 14.4 Å². The van der Waals surface area contributed by atoms with E-state index in [0.29, 0.717) is 18.8 Å². The van der Waals surface area contributed by atoms with Gasteiger partial charge in [-0.1, -0.05) is 53.2 Å². The summed E-state index contributed by atoms with van der Waals surface area (Å²) in [6.45, 7) is 18.5. The lowest BCUT2D eigenvalue weighted by Gasteiger charge is -2.72. The fourth-order valence-corrected chi connectivity index (χ4v) is 11.9. The van der Waals surface area contributed by atoms with Gasteiger partial charge < -0.3 is 19.3 Å². The predicted octanol–water partition coefficient (Wildman–Crippen LogP) is 6.41. The minimum atomic E-state index is -1.02. The number of carbonyl (C=O) groups is 3. The topological polar surface area (TPSA) is 99.1 Å². The second kappa shape index (κ2) is 9.81. The van der Waals surface area contributed by atoms with Gasteiger partial charge in [0.15, 0.2) is 0 Å². The average Bonchev–Trinajstić information content (AvgIpc) is 2.88. The SMILES string of the molecule is COC(=O)[C@]12CC[C@@H](C)[C@@](C)(O)[C@H]1C1=CC[C@@H]3[C@@]4(C)C[C@@H](OC(C)=O)[C@@H](OC(C)=O)C(C)(C)[C@@H]4CC[C@@]3(C)[C@]1(C)CC2. The van der Waals surface area contributed by atoms with E-state index in [-0.39, 0.29) is 57.3 Å². The van der Waals surface area contributed by atoms with Crippen molar-refractivity contribution in [3.05, 3.63) is 11.6 Å². The summed E-state index contributed by atoms with van der Waals surface area (Å²) in [4.78, 5) is 38.1. The van der Waals surface area contributed by atoms with Crippen LogP contribution in [0.1, 0.15) is 114 Å². The highest BCUT2D eigenvalue weighted by molar-refractivity contribution is 5.79.